The Kier molecular flexibility index (Phi) is 2.81. The molecule has 1 aliphatic rings. The third-order valence-electron chi connectivity index (χ3n) is 2.66. The van der Waals surface area contributed by atoms with Gasteiger partial charge >= 0.3 is 6.01 Å². The molecule has 1 unspecified atom stereocenters. The normalized spacial score (nSPS) is 19.2. The first-order valence-electron chi connectivity index (χ1n) is 5.60. The van der Waals surface area contributed by atoms with Crippen molar-refractivity contribution in [3.8, 4) is 11.5 Å². The van der Waals surface area contributed by atoms with Gasteiger partial charge in [-0.05, 0) is 23.2 Å². The van der Waals surface area contributed by atoms with Crippen molar-refractivity contribution in [1.29, 1.82) is 0 Å². The van der Waals surface area contributed by atoms with Crippen molar-refractivity contribution >= 4 is 11.8 Å². The number of hydrogen-bond acceptors (Lipinski definition) is 9. The highest BCUT2D eigenvalue weighted by atomic mass is 16.6. The fourth-order valence-corrected chi connectivity index (χ4v) is 1.75. The number of hydrogen-bond donors (Lipinski definition) is 2. The molecule has 96 valence electrons. The lowest BCUT2D eigenvalue weighted by molar-refractivity contribution is 0.120. The standard InChI is InChI=1S/C9H12N6O3/c10-7-6(13-18-14-7)8-12-9(17-15-8)11-4-5-2-1-3-16-5/h5H,1-4H2,(H2,10,14)(H,11,12,15). The van der Waals surface area contributed by atoms with Gasteiger partial charge in [-0.3, -0.25) is 0 Å². The highest BCUT2D eigenvalue weighted by Gasteiger charge is 2.19. The van der Waals surface area contributed by atoms with Crippen molar-refractivity contribution in [2.24, 2.45) is 0 Å². The number of nitrogens with zero attached hydrogens (tertiary/aromatic N) is 4. The zero-order chi connectivity index (χ0) is 12.4. The molecule has 0 aromatic carbocycles. The van der Waals surface area contributed by atoms with Crippen LogP contribution in [0.4, 0.5) is 11.8 Å². The zero-order valence-corrected chi connectivity index (χ0v) is 9.50. The third-order valence-corrected chi connectivity index (χ3v) is 2.66. The minimum Gasteiger partial charge on any atom is -0.379 e. The number of nitrogens with two attached hydrogens (primary N) is 1. The number of aromatic nitrogens is 4. The van der Waals surface area contributed by atoms with Crippen LogP contribution in [-0.2, 0) is 4.74 Å². The summed E-state index contributed by atoms with van der Waals surface area (Å²) in [6, 6.07) is 0.294. The summed E-state index contributed by atoms with van der Waals surface area (Å²) in [5, 5.41) is 13.8. The number of rotatable bonds is 4. The highest BCUT2D eigenvalue weighted by molar-refractivity contribution is 5.62. The first-order chi connectivity index (χ1) is 8.83. The molecular weight excluding hydrogens is 240 g/mol. The van der Waals surface area contributed by atoms with Gasteiger partial charge in [0, 0.05) is 13.2 Å². The van der Waals surface area contributed by atoms with Crippen LogP contribution in [0.3, 0.4) is 0 Å². The van der Waals surface area contributed by atoms with E-state index in [4.69, 9.17) is 15.0 Å². The predicted molar refractivity (Wildman–Crippen MR) is 59.5 cm³/mol. The van der Waals surface area contributed by atoms with E-state index in [-0.39, 0.29) is 23.4 Å². The predicted octanol–water partition coefficient (Wildman–Crippen LogP) is 0.293. The molecule has 18 heavy (non-hydrogen) atoms. The van der Waals surface area contributed by atoms with Crippen LogP contribution in [0.15, 0.2) is 9.15 Å². The van der Waals surface area contributed by atoms with Crippen LogP contribution in [0.1, 0.15) is 12.8 Å². The minimum atomic E-state index is 0.126. The Morgan fingerprint density at radius 2 is 2.28 bits per heavy atom. The molecule has 3 heterocycles. The summed E-state index contributed by atoms with van der Waals surface area (Å²) in [6.07, 6.45) is 2.32. The van der Waals surface area contributed by atoms with Gasteiger partial charge in [0.1, 0.15) is 0 Å². The topological polar surface area (TPSA) is 125 Å². The maximum Gasteiger partial charge on any atom is 0.321 e. The van der Waals surface area contributed by atoms with E-state index >= 15 is 0 Å². The number of anilines is 2. The van der Waals surface area contributed by atoms with Gasteiger partial charge in [-0.15, -0.1) is 0 Å². The highest BCUT2D eigenvalue weighted by Crippen LogP contribution is 2.20. The molecule has 2 aromatic heterocycles. The van der Waals surface area contributed by atoms with E-state index in [0.29, 0.717) is 12.6 Å². The fourth-order valence-electron chi connectivity index (χ4n) is 1.75. The van der Waals surface area contributed by atoms with E-state index in [2.05, 4.69) is 30.4 Å². The summed E-state index contributed by atoms with van der Waals surface area (Å²) in [5.74, 6) is 0.366. The van der Waals surface area contributed by atoms with Crippen molar-refractivity contribution in [2.45, 2.75) is 18.9 Å². The molecule has 3 rings (SSSR count). The summed E-state index contributed by atoms with van der Waals surface area (Å²) in [4.78, 5) is 4.09. The van der Waals surface area contributed by atoms with E-state index in [0.717, 1.165) is 19.4 Å². The Hall–Kier alpha value is -2.16. The van der Waals surface area contributed by atoms with Gasteiger partial charge in [0.05, 0.1) is 6.10 Å². The smallest absolute Gasteiger partial charge is 0.321 e. The van der Waals surface area contributed by atoms with Gasteiger partial charge < -0.3 is 20.3 Å². The average molecular weight is 252 g/mol. The van der Waals surface area contributed by atoms with Crippen LogP contribution in [0.5, 0.6) is 0 Å². The molecule has 1 atom stereocenters. The molecule has 1 saturated heterocycles. The molecule has 9 nitrogen and oxygen atoms in total. The average Bonchev–Trinajstić information content (AvgIpc) is 3.07. The summed E-state index contributed by atoms with van der Waals surface area (Å²) in [7, 11) is 0. The van der Waals surface area contributed by atoms with Crippen LogP contribution < -0.4 is 11.1 Å². The Balaban J connectivity index is 1.64. The first kappa shape index (κ1) is 11.0. The molecule has 0 aliphatic carbocycles. The Morgan fingerprint density at radius 1 is 1.33 bits per heavy atom. The van der Waals surface area contributed by atoms with Gasteiger partial charge in [-0.25, -0.2) is 4.63 Å². The first-order valence-corrected chi connectivity index (χ1v) is 5.60. The molecule has 0 radical (unpaired) electrons. The second kappa shape index (κ2) is 4.61. The van der Waals surface area contributed by atoms with Gasteiger partial charge in [0.2, 0.25) is 5.82 Å². The van der Waals surface area contributed by atoms with Gasteiger partial charge in [-0.2, -0.15) is 4.98 Å². The third kappa shape index (κ3) is 2.12. The van der Waals surface area contributed by atoms with E-state index in [1.807, 2.05) is 0 Å². The lowest BCUT2D eigenvalue weighted by Gasteiger charge is -2.07. The quantitative estimate of drug-likeness (QED) is 0.789. The van der Waals surface area contributed by atoms with Crippen LogP contribution >= 0.6 is 0 Å². The molecule has 1 fully saturated rings. The Morgan fingerprint density at radius 3 is 3.00 bits per heavy atom. The Labute approximate surface area is 102 Å². The summed E-state index contributed by atoms with van der Waals surface area (Å²) in [5.41, 5.74) is 5.79. The SMILES string of the molecule is Nc1nonc1-c1noc(NCC2CCCO2)n1. The second-order valence-corrected chi connectivity index (χ2v) is 3.94. The van der Waals surface area contributed by atoms with Crippen LogP contribution in [0, 0.1) is 0 Å². The van der Waals surface area contributed by atoms with Gasteiger partial charge in [-0.1, -0.05) is 5.16 Å². The number of nitrogen functional groups attached to an aromatic ring is 1. The summed E-state index contributed by atoms with van der Waals surface area (Å²) in [6.45, 7) is 1.44. The van der Waals surface area contributed by atoms with E-state index in [1.54, 1.807) is 0 Å². The van der Waals surface area contributed by atoms with Crippen LogP contribution in [0.25, 0.3) is 11.5 Å². The van der Waals surface area contributed by atoms with Crippen molar-refractivity contribution in [2.75, 3.05) is 24.2 Å². The number of nitrogens with one attached hydrogen (secondary N) is 1. The molecule has 0 spiro atoms. The number of ether oxygens (including phenoxy) is 1. The molecular formula is C9H12N6O3. The summed E-state index contributed by atoms with van der Waals surface area (Å²) >= 11 is 0. The van der Waals surface area contributed by atoms with Crippen LogP contribution in [0.2, 0.25) is 0 Å². The van der Waals surface area contributed by atoms with Crippen molar-refractivity contribution in [3.63, 3.8) is 0 Å². The lowest BCUT2D eigenvalue weighted by atomic mass is 10.2. The molecule has 1 aliphatic heterocycles. The van der Waals surface area contributed by atoms with Gasteiger partial charge in [0.25, 0.3) is 0 Å². The summed E-state index contributed by atoms with van der Waals surface area (Å²) < 4.78 is 14.9. The van der Waals surface area contributed by atoms with E-state index in [9.17, 15) is 0 Å². The second-order valence-electron chi connectivity index (χ2n) is 3.94. The van der Waals surface area contributed by atoms with Gasteiger partial charge in [0.15, 0.2) is 11.5 Å². The monoisotopic (exact) mass is 252 g/mol. The molecule has 3 N–H and O–H groups in total. The van der Waals surface area contributed by atoms with Crippen molar-refractivity contribution in [3.05, 3.63) is 0 Å². The van der Waals surface area contributed by atoms with Crippen molar-refractivity contribution in [1.82, 2.24) is 20.5 Å². The van der Waals surface area contributed by atoms with Crippen molar-refractivity contribution < 1.29 is 13.9 Å². The molecule has 0 saturated carbocycles. The van der Waals surface area contributed by atoms with Crippen LogP contribution in [-0.4, -0.2) is 39.7 Å². The maximum atomic E-state index is 5.53. The fraction of sp³-hybridized carbons (Fsp3) is 0.556. The maximum absolute atomic E-state index is 5.53. The zero-order valence-electron chi connectivity index (χ0n) is 9.50. The molecule has 9 heteroatoms. The Bertz CT molecular complexity index is 518. The largest absolute Gasteiger partial charge is 0.379 e. The molecule has 2 aromatic rings. The molecule has 0 bridgehead atoms. The minimum absolute atomic E-state index is 0.126. The molecule has 0 amide bonds. The lowest BCUT2D eigenvalue weighted by Crippen LogP contribution is -2.18. The van der Waals surface area contributed by atoms with E-state index in [1.165, 1.54) is 0 Å². The van der Waals surface area contributed by atoms with E-state index < -0.39 is 0 Å².